The van der Waals surface area contributed by atoms with E-state index in [9.17, 15) is 14.7 Å². The first-order chi connectivity index (χ1) is 16.1. The molecule has 1 unspecified atom stereocenters. The predicted molar refractivity (Wildman–Crippen MR) is 133 cm³/mol. The Balaban J connectivity index is 1.64. The average Bonchev–Trinajstić information content (AvgIpc) is 3.33. The number of nitrogens with one attached hydrogen (secondary N) is 1. The van der Waals surface area contributed by atoms with E-state index < -0.39 is 11.5 Å². The number of hydrogen-bond donors (Lipinski definition) is 2. The Hall–Kier alpha value is -3.14. The first-order valence-electron chi connectivity index (χ1n) is 10.9. The van der Waals surface area contributed by atoms with Crippen molar-refractivity contribution in [2.75, 3.05) is 32.1 Å². The second-order valence-electron chi connectivity index (χ2n) is 9.09. The average molecular weight is 483 g/mol. The molecule has 180 valence electrons. The fourth-order valence-electron chi connectivity index (χ4n) is 2.97. The van der Waals surface area contributed by atoms with Crippen LogP contribution in [0.3, 0.4) is 0 Å². The van der Waals surface area contributed by atoms with E-state index in [0.29, 0.717) is 28.5 Å². The molecule has 0 radical (unpaired) electrons. The van der Waals surface area contributed by atoms with Gasteiger partial charge in [0.05, 0.1) is 34.2 Å². The monoisotopic (exact) mass is 482 g/mol. The molecule has 34 heavy (non-hydrogen) atoms. The van der Waals surface area contributed by atoms with E-state index >= 15 is 0 Å². The largest absolute Gasteiger partial charge is 0.426 e. The summed E-state index contributed by atoms with van der Waals surface area (Å²) in [6.45, 7) is 5.49. The lowest BCUT2D eigenvalue weighted by atomic mass is 9.97. The molecule has 9 heteroatoms. The number of carbonyl (C=O) groups excluding carboxylic acids is 2. The van der Waals surface area contributed by atoms with E-state index in [2.05, 4.69) is 15.3 Å². The van der Waals surface area contributed by atoms with Gasteiger partial charge in [0.25, 0.3) is 0 Å². The zero-order valence-corrected chi connectivity index (χ0v) is 20.8. The number of anilines is 1. The van der Waals surface area contributed by atoms with E-state index in [-0.39, 0.29) is 24.8 Å². The maximum Gasteiger partial charge on any atom is 0.316 e. The Morgan fingerprint density at radius 2 is 1.97 bits per heavy atom. The number of aliphatic hydroxyl groups excluding tert-OH is 1. The highest BCUT2D eigenvalue weighted by molar-refractivity contribution is 7.13. The van der Waals surface area contributed by atoms with Gasteiger partial charge in [-0.05, 0) is 49.9 Å². The number of aromatic nitrogens is 2. The van der Waals surface area contributed by atoms with Crippen LogP contribution in [0.15, 0.2) is 48.0 Å². The van der Waals surface area contributed by atoms with Crippen molar-refractivity contribution >= 4 is 29.0 Å². The number of esters is 1. The van der Waals surface area contributed by atoms with Gasteiger partial charge < -0.3 is 20.1 Å². The van der Waals surface area contributed by atoms with Gasteiger partial charge in [-0.1, -0.05) is 18.2 Å². The summed E-state index contributed by atoms with van der Waals surface area (Å²) in [4.78, 5) is 36.6. The number of rotatable bonds is 9. The Labute approximate surface area is 203 Å². The van der Waals surface area contributed by atoms with Crippen molar-refractivity contribution < 1.29 is 19.4 Å². The minimum atomic E-state index is -0.884. The van der Waals surface area contributed by atoms with Gasteiger partial charge in [0, 0.05) is 26.8 Å². The maximum atomic E-state index is 12.9. The Morgan fingerprint density at radius 3 is 2.62 bits per heavy atom. The van der Waals surface area contributed by atoms with Crippen LogP contribution < -0.4 is 15.0 Å². The molecule has 1 aromatic carbocycles. The van der Waals surface area contributed by atoms with Crippen LogP contribution in [-0.2, 0) is 4.79 Å². The summed E-state index contributed by atoms with van der Waals surface area (Å²) >= 11 is 1.50. The number of ketones is 1. The molecular formula is C25H30N4O4S. The molecule has 1 atom stereocenters. The van der Waals surface area contributed by atoms with Crippen molar-refractivity contribution in [3.63, 3.8) is 0 Å². The van der Waals surface area contributed by atoms with E-state index in [4.69, 9.17) is 4.74 Å². The number of benzene rings is 1. The third kappa shape index (κ3) is 6.47. The minimum absolute atomic E-state index is 0.0127. The van der Waals surface area contributed by atoms with Gasteiger partial charge in [-0.25, -0.2) is 9.97 Å². The number of thiophene rings is 1. The normalized spacial score (nSPS) is 12.3. The van der Waals surface area contributed by atoms with E-state index in [1.54, 1.807) is 56.1 Å². The lowest BCUT2D eigenvalue weighted by Gasteiger charge is -2.17. The SMILES string of the molecule is CN(C)c1ncc(C(=O)CNCC(O)c2cccc(OC(=O)C(C)(C)C)c2)c(-c2cccs2)n1. The van der Waals surface area contributed by atoms with Crippen molar-refractivity contribution in [1.29, 1.82) is 0 Å². The number of Topliss-reactive ketones (excluding diaryl/α,β-unsaturated/α-hetero) is 1. The summed E-state index contributed by atoms with van der Waals surface area (Å²) < 4.78 is 5.40. The topological polar surface area (TPSA) is 105 Å². The van der Waals surface area contributed by atoms with Gasteiger partial charge in [0.1, 0.15) is 5.75 Å². The minimum Gasteiger partial charge on any atom is -0.426 e. The quantitative estimate of drug-likeness (QED) is 0.270. The highest BCUT2D eigenvalue weighted by atomic mass is 32.1. The standard InChI is InChI=1S/C25H30N4O4S/c1-25(2,3)23(32)33-17-9-6-8-16(12-17)19(30)14-26-15-20(31)18-13-27-24(29(4)5)28-22(18)21-10-7-11-34-21/h6-13,19,26,30H,14-15H2,1-5H3. The summed E-state index contributed by atoms with van der Waals surface area (Å²) in [6.07, 6.45) is 0.662. The molecule has 0 aliphatic heterocycles. The number of ether oxygens (including phenoxy) is 1. The zero-order valence-electron chi connectivity index (χ0n) is 20.0. The molecule has 3 aromatic rings. The van der Waals surface area contributed by atoms with Crippen molar-refractivity contribution in [3.8, 4) is 16.3 Å². The van der Waals surface area contributed by atoms with Crippen molar-refractivity contribution in [2.45, 2.75) is 26.9 Å². The van der Waals surface area contributed by atoms with Gasteiger partial charge in [-0.15, -0.1) is 11.3 Å². The molecular weight excluding hydrogens is 452 g/mol. The molecule has 3 rings (SSSR count). The molecule has 0 saturated heterocycles. The smallest absolute Gasteiger partial charge is 0.316 e. The van der Waals surface area contributed by atoms with Gasteiger partial charge in [0.15, 0.2) is 5.78 Å². The van der Waals surface area contributed by atoms with Crippen LogP contribution in [0.1, 0.15) is 42.8 Å². The molecule has 0 bridgehead atoms. The van der Waals surface area contributed by atoms with Crippen LogP contribution in [0, 0.1) is 5.41 Å². The Kier molecular flexibility index (Phi) is 8.14. The third-order valence-electron chi connectivity index (χ3n) is 4.92. The Bertz CT molecular complexity index is 1140. The lowest BCUT2D eigenvalue weighted by Crippen LogP contribution is -2.28. The van der Waals surface area contributed by atoms with E-state index in [1.807, 2.05) is 31.6 Å². The molecule has 0 fully saturated rings. The van der Waals surface area contributed by atoms with Crippen molar-refractivity contribution in [1.82, 2.24) is 15.3 Å². The fourth-order valence-corrected chi connectivity index (χ4v) is 3.70. The summed E-state index contributed by atoms with van der Waals surface area (Å²) in [5.74, 6) is 0.363. The second kappa shape index (κ2) is 10.9. The molecule has 8 nitrogen and oxygen atoms in total. The summed E-state index contributed by atoms with van der Waals surface area (Å²) in [7, 11) is 3.69. The molecule has 0 aliphatic carbocycles. The molecule has 2 heterocycles. The number of carbonyl (C=O) groups is 2. The maximum absolute atomic E-state index is 12.9. The van der Waals surface area contributed by atoms with Crippen LogP contribution in [-0.4, -0.2) is 54.0 Å². The first kappa shape index (κ1) is 25.5. The number of aliphatic hydroxyl groups is 1. The highest BCUT2D eigenvalue weighted by Crippen LogP contribution is 2.28. The molecule has 2 aromatic heterocycles. The third-order valence-corrected chi connectivity index (χ3v) is 5.80. The molecule has 2 N–H and O–H groups in total. The highest BCUT2D eigenvalue weighted by Gasteiger charge is 2.24. The summed E-state index contributed by atoms with van der Waals surface area (Å²) in [6, 6.07) is 10.6. The molecule has 0 amide bonds. The number of hydrogen-bond acceptors (Lipinski definition) is 9. The van der Waals surface area contributed by atoms with Gasteiger partial charge in [-0.2, -0.15) is 0 Å². The van der Waals surface area contributed by atoms with Crippen LogP contribution in [0.4, 0.5) is 5.95 Å². The van der Waals surface area contributed by atoms with Crippen molar-refractivity contribution in [3.05, 3.63) is 59.1 Å². The van der Waals surface area contributed by atoms with Gasteiger partial charge in [-0.3, -0.25) is 9.59 Å². The van der Waals surface area contributed by atoms with Crippen LogP contribution in [0.2, 0.25) is 0 Å². The van der Waals surface area contributed by atoms with Crippen LogP contribution in [0.5, 0.6) is 5.75 Å². The first-order valence-corrected chi connectivity index (χ1v) is 11.8. The number of nitrogens with zero attached hydrogens (tertiary/aromatic N) is 3. The van der Waals surface area contributed by atoms with Crippen LogP contribution in [0.25, 0.3) is 10.6 Å². The molecule has 0 saturated carbocycles. The summed E-state index contributed by atoms with van der Waals surface area (Å²) in [5.41, 5.74) is 0.963. The predicted octanol–water partition coefficient (Wildman–Crippen LogP) is 3.73. The van der Waals surface area contributed by atoms with Gasteiger partial charge >= 0.3 is 5.97 Å². The lowest BCUT2D eigenvalue weighted by molar-refractivity contribution is -0.143. The van der Waals surface area contributed by atoms with Crippen molar-refractivity contribution in [2.24, 2.45) is 5.41 Å². The van der Waals surface area contributed by atoms with Gasteiger partial charge in [0.2, 0.25) is 5.95 Å². The molecule has 0 spiro atoms. The zero-order chi connectivity index (χ0) is 24.9. The fraction of sp³-hybridized carbons (Fsp3) is 0.360. The van der Waals surface area contributed by atoms with E-state index in [0.717, 1.165) is 4.88 Å². The second-order valence-corrected chi connectivity index (χ2v) is 10.0. The van der Waals surface area contributed by atoms with Crippen LogP contribution >= 0.6 is 11.3 Å². The molecule has 0 aliphatic rings. The van der Waals surface area contributed by atoms with E-state index in [1.165, 1.54) is 11.3 Å². The summed E-state index contributed by atoms with van der Waals surface area (Å²) in [5, 5.41) is 15.5. The Morgan fingerprint density at radius 1 is 1.21 bits per heavy atom.